The van der Waals surface area contributed by atoms with Gasteiger partial charge in [0.2, 0.25) is 0 Å². The Balaban J connectivity index is 2.76. The van der Waals surface area contributed by atoms with Crippen LogP contribution in [0.4, 0.5) is 4.39 Å². The molecular formula is C10H7FO3. The number of phenolic OH excluding ortho intramolecular Hbond substituents is 1. The summed E-state index contributed by atoms with van der Waals surface area (Å²) in [6.07, 6.45) is 0. The molecule has 0 spiro atoms. The zero-order valence-electron chi connectivity index (χ0n) is 7.37. The summed E-state index contributed by atoms with van der Waals surface area (Å²) in [7, 11) is 0. The predicted molar refractivity (Wildman–Crippen MR) is 47.8 cm³/mol. The average molecular weight is 194 g/mol. The van der Waals surface area contributed by atoms with Crippen molar-refractivity contribution in [1.82, 2.24) is 0 Å². The van der Waals surface area contributed by atoms with Crippen molar-refractivity contribution in [3.8, 4) is 5.75 Å². The van der Waals surface area contributed by atoms with Crippen molar-refractivity contribution in [3.63, 3.8) is 0 Å². The summed E-state index contributed by atoms with van der Waals surface area (Å²) in [5, 5.41) is 9.68. The van der Waals surface area contributed by atoms with Gasteiger partial charge >= 0.3 is 0 Å². The van der Waals surface area contributed by atoms with Crippen LogP contribution in [0, 0.1) is 5.82 Å². The average Bonchev–Trinajstić information content (AvgIpc) is 2.47. The van der Waals surface area contributed by atoms with Crippen molar-refractivity contribution in [2.24, 2.45) is 0 Å². The van der Waals surface area contributed by atoms with Crippen LogP contribution < -0.4 is 0 Å². The third kappa shape index (κ3) is 1.25. The fourth-order valence-electron chi connectivity index (χ4n) is 1.26. The summed E-state index contributed by atoms with van der Waals surface area (Å²) in [5.74, 6) is -0.974. The highest BCUT2D eigenvalue weighted by molar-refractivity contribution is 5.97. The first-order valence-corrected chi connectivity index (χ1v) is 4.01. The number of carbonyl (C=O) groups is 1. The van der Waals surface area contributed by atoms with E-state index < -0.39 is 5.82 Å². The van der Waals surface area contributed by atoms with Crippen LogP contribution in [0.1, 0.15) is 17.5 Å². The molecule has 0 radical (unpaired) electrons. The molecule has 1 aromatic heterocycles. The number of rotatable bonds is 1. The number of aromatic hydroxyl groups is 1. The molecular weight excluding hydrogens is 187 g/mol. The quantitative estimate of drug-likeness (QED) is 0.709. The lowest BCUT2D eigenvalue weighted by molar-refractivity contribution is 0.0989. The van der Waals surface area contributed by atoms with Crippen LogP contribution >= 0.6 is 0 Å². The molecule has 2 rings (SSSR count). The van der Waals surface area contributed by atoms with E-state index in [0.29, 0.717) is 5.39 Å². The molecule has 1 heterocycles. The molecule has 3 nitrogen and oxygen atoms in total. The molecule has 0 saturated carbocycles. The van der Waals surface area contributed by atoms with E-state index in [0.717, 1.165) is 12.1 Å². The van der Waals surface area contributed by atoms with Crippen LogP contribution in [-0.2, 0) is 0 Å². The normalized spacial score (nSPS) is 10.7. The molecule has 4 heteroatoms. The molecule has 0 amide bonds. The highest BCUT2D eigenvalue weighted by Crippen LogP contribution is 2.29. The Kier molecular flexibility index (Phi) is 1.77. The van der Waals surface area contributed by atoms with Gasteiger partial charge in [-0.15, -0.1) is 0 Å². The van der Waals surface area contributed by atoms with Crippen molar-refractivity contribution in [1.29, 1.82) is 0 Å². The van der Waals surface area contributed by atoms with Crippen LogP contribution in [0.3, 0.4) is 0 Å². The Bertz CT molecular complexity index is 513. The smallest absolute Gasteiger partial charge is 0.194 e. The monoisotopic (exact) mass is 194 g/mol. The molecule has 0 aliphatic carbocycles. The fraction of sp³-hybridized carbons (Fsp3) is 0.100. The van der Waals surface area contributed by atoms with Crippen LogP contribution in [0.2, 0.25) is 0 Å². The van der Waals surface area contributed by atoms with Crippen molar-refractivity contribution >= 4 is 16.8 Å². The first-order valence-electron chi connectivity index (χ1n) is 4.01. The highest BCUT2D eigenvalue weighted by atomic mass is 19.1. The van der Waals surface area contributed by atoms with E-state index in [-0.39, 0.29) is 22.9 Å². The van der Waals surface area contributed by atoms with Gasteiger partial charge < -0.3 is 9.52 Å². The number of hydrogen-bond acceptors (Lipinski definition) is 3. The summed E-state index contributed by atoms with van der Waals surface area (Å²) in [4.78, 5) is 10.9. The van der Waals surface area contributed by atoms with Gasteiger partial charge in [-0.25, -0.2) is 4.39 Å². The Morgan fingerprint density at radius 3 is 2.79 bits per heavy atom. The minimum absolute atomic E-state index is 0.112. The van der Waals surface area contributed by atoms with E-state index in [9.17, 15) is 14.3 Å². The molecule has 2 aromatic rings. The molecule has 0 aliphatic heterocycles. The van der Waals surface area contributed by atoms with E-state index in [2.05, 4.69) is 0 Å². The van der Waals surface area contributed by atoms with E-state index in [1.165, 1.54) is 13.0 Å². The molecule has 0 fully saturated rings. The second-order valence-corrected chi connectivity index (χ2v) is 3.00. The summed E-state index contributed by atoms with van der Waals surface area (Å²) >= 11 is 0. The van der Waals surface area contributed by atoms with Gasteiger partial charge in [-0.2, -0.15) is 0 Å². The van der Waals surface area contributed by atoms with E-state index in [1.807, 2.05) is 0 Å². The van der Waals surface area contributed by atoms with Gasteiger partial charge in [0.1, 0.15) is 17.1 Å². The van der Waals surface area contributed by atoms with Gasteiger partial charge in [0.15, 0.2) is 11.5 Å². The van der Waals surface area contributed by atoms with Crippen molar-refractivity contribution in [2.45, 2.75) is 6.92 Å². The number of hydrogen-bond donors (Lipinski definition) is 1. The number of furan rings is 1. The summed E-state index contributed by atoms with van der Waals surface area (Å²) in [6, 6.07) is 3.50. The molecule has 0 atom stereocenters. The van der Waals surface area contributed by atoms with Gasteiger partial charge in [-0.1, -0.05) is 0 Å². The van der Waals surface area contributed by atoms with Crippen LogP contribution in [0.25, 0.3) is 11.0 Å². The zero-order valence-corrected chi connectivity index (χ0v) is 7.37. The Morgan fingerprint density at radius 2 is 2.14 bits per heavy atom. The number of halogens is 1. The first kappa shape index (κ1) is 8.74. The summed E-state index contributed by atoms with van der Waals surface area (Å²) in [5.41, 5.74) is 0.174. The standard InChI is InChI=1S/C10H7FO3/c1-5(12)9-4-7-8(13)2-6(11)3-10(7)14-9/h2-4,13H,1H3. The van der Waals surface area contributed by atoms with Crippen LogP contribution in [-0.4, -0.2) is 10.9 Å². The third-order valence-corrected chi connectivity index (χ3v) is 1.93. The first-order chi connectivity index (χ1) is 6.58. The fourth-order valence-corrected chi connectivity index (χ4v) is 1.26. The van der Waals surface area contributed by atoms with E-state index in [4.69, 9.17) is 4.42 Å². The summed E-state index contributed by atoms with van der Waals surface area (Å²) in [6.45, 7) is 1.34. The largest absolute Gasteiger partial charge is 0.507 e. The number of phenols is 1. The molecule has 0 unspecified atom stereocenters. The minimum atomic E-state index is -0.598. The minimum Gasteiger partial charge on any atom is -0.507 e. The lowest BCUT2D eigenvalue weighted by Crippen LogP contribution is -1.85. The van der Waals surface area contributed by atoms with Crippen molar-refractivity contribution < 1.29 is 18.7 Å². The van der Waals surface area contributed by atoms with Gasteiger partial charge in [-0.3, -0.25) is 4.79 Å². The van der Waals surface area contributed by atoms with Crippen LogP contribution in [0.15, 0.2) is 22.6 Å². The van der Waals surface area contributed by atoms with Crippen molar-refractivity contribution in [3.05, 3.63) is 29.8 Å². The van der Waals surface area contributed by atoms with Gasteiger partial charge in [0, 0.05) is 19.1 Å². The zero-order chi connectivity index (χ0) is 10.3. The second-order valence-electron chi connectivity index (χ2n) is 3.00. The number of ketones is 1. The van der Waals surface area contributed by atoms with E-state index in [1.54, 1.807) is 0 Å². The number of benzene rings is 1. The highest BCUT2D eigenvalue weighted by Gasteiger charge is 2.11. The topological polar surface area (TPSA) is 50.4 Å². The number of Topliss-reactive ketones (excluding diaryl/α,β-unsaturated/α-hetero) is 1. The Labute approximate surface area is 78.8 Å². The predicted octanol–water partition coefficient (Wildman–Crippen LogP) is 2.48. The molecule has 0 bridgehead atoms. The molecule has 0 aliphatic rings. The lowest BCUT2D eigenvalue weighted by atomic mass is 10.2. The van der Waals surface area contributed by atoms with Gasteiger partial charge in [0.25, 0.3) is 0 Å². The third-order valence-electron chi connectivity index (χ3n) is 1.93. The molecule has 1 N–H and O–H groups in total. The maximum atomic E-state index is 12.8. The van der Waals surface area contributed by atoms with Crippen LogP contribution in [0.5, 0.6) is 5.75 Å². The summed E-state index contributed by atoms with van der Waals surface area (Å²) < 4.78 is 17.8. The Hall–Kier alpha value is -1.84. The maximum absolute atomic E-state index is 12.8. The molecule has 14 heavy (non-hydrogen) atoms. The molecule has 1 aromatic carbocycles. The molecule has 0 saturated heterocycles. The number of fused-ring (bicyclic) bond motifs is 1. The molecule has 72 valence electrons. The second kappa shape index (κ2) is 2.83. The maximum Gasteiger partial charge on any atom is 0.194 e. The Morgan fingerprint density at radius 1 is 1.43 bits per heavy atom. The van der Waals surface area contributed by atoms with Gasteiger partial charge in [0.05, 0.1) is 5.39 Å². The number of carbonyl (C=O) groups excluding carboxylic acids is 1. The SMILES string of the molecule is CC(=O)c1cc2c(O)cc(F)cc2o1. The lowest BCUT2D eigenvalue weighted by Gasteiger charge is -1.92. The van der Waals surface area contributed by atoms with Gasteiger partial charge in [-0.05, 0) is 6.07 Å². The van der Waals surface area contributed by atoms with Crippen molar-refractivity contribution in [2.75, 3.05) is 0 Å². The van der Waals surface area contributed by atoms with E-state index >= 15 is 0 Å².